The lowest BCUT2D eigenvalue weighted by Crippen LogP contribution is -2.27. The highest BCUT2D eigenvalue weighted by Gasteiger charge is 2.32. The van der Waals surface area contributed by atoms with Gasteiger partial charge in [0, 0.05) is 24.0 Å². The molecule has 0 saturated heterocycles. The van der Waals surface area contributed by atoms with E-state index in [2.05, 4.69) is 11.8 Å². The average molecular weight is 348 g/mol. The van der Waals surface area contributed by atoms with E-state index >= 15 is 0 Å². The highest BCUT2D eigenvalue weighted by molar-refractivity contribution is 6.02. The molecule has 0 heterocycles. The largest absolute Gasteiger partial charge is 0.497 e. The Hall–Kier alpha value is -2.86. The Balaban J connectivity index is 2.32. The standard InChI is InChI=1S/C23H24O3/c1-4-20(24)15-17-23(2,22(25)19-8-6-5-7-9-19)16-14-18-10-12-21(26-3)13-11-18/h5-13H,4,15,17H2,1-3H3. The van der Waals surface area contributed by atoms with Gasteiger partial charge in [-0.15, -0.1) is 0 Å². The zero-order valence-corrected chi connectivity index (χ0v) is 15.5. The van der Waals surface area contributed by atoms with Gasteiger partial charge in [0.05, 0.1) is 12.5 Å². The molecule has 0 spiro atoms. The molecule has 0 radical (unpaired) electrons. The highest BCUT2D eigenvalue weighted by Crippen LogP contribution is 2.28. The van der Waals surface area contributed by atoms with E-state index < -0.39 is 5.41 Å². The molecule has 0 aliphatic rings. The SMILES string of the molecule is CCC(=O)CCC(C)(C#Cc1ccc(OC)cc1)C(=O)c1ccccc1. The second kappa shape index (κ2) is 9.01. The van der Waals surface area contributed by atoms with Crippen LogP contribution in [0.1, 0.15) is 49.0 Å². The van der Waals surface area contributed by atoms with E-state index in [9.17, 15) is 9.59 Å². The van der Waals surface area contributed by atoms with Crippen molar-refractivity contribution in [2.45, 2.75) is 33.1 Å². The van der Waals surface area contributed by atoms with Gasteiger partial charge in [-0.25, -0.2) is 0 Å². The van der Waals surface area contributed by atoms with Crippen molar-refractivity contribution in [2.75, 3.05) is 7.11 Å². The summed E-state index contributed by atoms with van der Waals surface area (Å²) in [5.41, 5.74) is 0.509. The first kappa shape index (κ1) is 19.5. The van der Waals surface area contributed by atoms with Gasteiger partial charge in [0.15, 0.2) is 5.78 Å². The van der Waals surface area contributed by atoms with Gasteiger partial charge in [-0.3, -0.25) is 9.59 Å². The second-order valence-electron chi connectivity index (χ2n) is 6.40. The number of ketones is 2. The van der Waals surface area contributed by atoms with Crippen LogP contribution in [0.5, 0.6) is 5.75 Å². The van der Waals surface area contributed by atoms with E-state index in [1.54, 1.807) is 19.2 Å². The lowest BCUT2D eigenvalue weighted by molar-refractivity contribution is -0.119. The molecule has 26 heavy (non-hydrogen) atoms. The van der Waals surface area contributed by atoms with Crippen LogP contribution in [-0.4, -0.2) is 18.7 Å². The topological polar surface area (TPSA) is 43.4 Å². The molecule has 2 rings (SSSR count). The maximum absolute atomic E-state index is 13.1. The maximum atomic E-state index is 13.1. The van der Waals surface area contributed by atoms with Crippen molar-refractivity contribution in [3.8, 4) is 17.6 Å². The van der Waals surface area contributed by atoms with E-state index in [4.69, 9.17) is 4.74 Å². The van der Waals surface area contributed by atoms with Gasteiger partial charge in [0.25, 0.3) is 0 Å². The third kappa shape index (κ3) is 5.07. The Morgan fingerprint density at radius 3 is 2.27 bits per heavy atom. The molecule has 0 fully saturated rings. The third-order valence-electron chi connectivity index (χ3n) is 4.41. The molecule has 0 aliphatic carbocycles. The quantitative estimate of drug-likeness (QED) is 0.538. The summed E-state index contributed by atoms with van der Waals surface area (Å²) in [6.07, 6.45) is 1.24. The molecule has 1 unspecified atom stereocenters. The van der Waals surface area contributed by atoms with Crippen LogP contribution in [0.3, 0.4) is 0 Å². The first-order valence-corrected chi connectivity index (χ1v) is 8.77. The number of carbonyl (C=O) groups excluding carboxylic acids is 2. The van der Waals surface area contributed by atoms with Crippen molar-refractivity contribution in [1.29, 1.82) is 0 Å². The number of ether oxygens (including phenoxy) is 1. The molecule has 1 atom stereocenters. The molecular formula is C23H24O3. The van der Waals surface area contributed by atoms with Crippen molar-refractivity contribution in [2.24, 2.45) is 5.41 Å². The third-order valence-corrected chi connectivity index (χ3v) is 4.41. The summed E-state index contributed by atoms with van der Waals surface area (Å²) in [7, 11) is 1.61. The normalized spacial score (nSPS) is 12.4. The number of hydrogen-bond donors (Lipinski definition) is 0. The molecule has 2 aromatic carbocycles. The zero-order valence-electron chi connectivity index (χ0n) is 15.5. The lowest BCUT2D eigenvalue weighted by atomic mass is 9.78. The predicted molar refractivity (Wildman–Crippen MR) is 103 cm³/mol. The molecule has 0 aromatic heterocycles. The fourth-order valence-electron chi connectivity index (χ4n) is 2.59. The zero-order chi connectivity index (χ0) is 19.0. The van der Waals surface area contributed by atoms with Gasteiger partial charge < -0.3 is 4.74 Å². The minimum absolute atomic E-state index is 0.0528. The van der Waals surface area contributed by atoms with Gasteiger partial charge in [-0.05, 0) is 37.6 Å². The van der Waals surface area contributed by atoms with E-state index in [1.807, 2.05) is 56.3 Å². The summed E-state index contributed by atoms with van der Waals surface area (Å²) in [4.78, 5) is 24.8. The predicted octanol–water partition coefficient (Wildman–Crippen LogP) is 4.70. The molecule has 3 nitrogen and oxygen atoms in total. The van der Waals surface area contributed by atoms with E-state index in [1.165, 1.54) is 0 Å². The smallest absolute Gasteiger partial charge is 0.180 e. The van der Waals surface area contributed by atoms with Gasteiger partial charge in [0.1, 0.15) is 11.5 Å². The minimum atomic E-state index is -0.911. The highest BCUT2D eigenvalue weighted by atomic mass is 16.5. The van der Waals surface area contributed by atoms with Crippen LogP contribution in [-0.2, 0) is 4.79 Å². The first-order chi connectivity index (χ1) is 12.5. The van der Waals surface area contributed by atoms with Crippen LogP contribution in [0.4, 0.5) is 0 Å². The van der Waals surface area contributed by atoms with E-state index in [-0.39, 0.29) is 11.6 Å². The monoisotopic (exact) mass is 348 g/mol. The van der Waals surface area contributed by atoms with Crippen LogP contribution >= 0.6 is 0 Å². The second-order valence-corrected chi connectivity index (χ2v) is 6.40. The molecule has 2 aromatic rings. The van der Waals surface area contributed by atoms with Gasteiger partial charge in [-0.2, -0.15) is 0 Å². The first-order valence-electron chi connectivity index (χ1n) is 8.77. The summed E-state index contributed by atoms with van der Waals surface area (Å²) in [6, 6.07) is 16.5. The minimum Gasteiger partial charge on any atom is -0.497 e. The lowest BCUT2D eigenvalue weighted by Gasteiger charge is -2.22. The Bertz CT molecular complexity index is 810. The molecule has 0 bridgehead atoms. The van der Waals surface area contributed by atoms with Gasteiger partial charge in [-0.1, -0.05) is 49.1 Å². The van der Waals surface area contributed by atoms with E-state index in [0.29, 0.717) is 24.8 Å². The Labute approximate surface area is 155 Å². The number of carbonyl (C=O) groups is 2. The number of methoxy groups -OCH3 is 1. The molecular weight excluding hydrogens is 324 g/mol. The van der Waals surface area contributed by atoms with E-state index in [0.717, 1.165) is 11.3 Å². The fraction of sp³-hybridized carbons (Fsp3) is 0.304. The molecule has 0 amide bonds. The van der Waals surface area contributed by atoms with Crippen LogP contribution in [0.2, 0.25) is 0 Å². The average Bonchev–Trinajstić information content (AvgIpc) is 2.70. The summed E-state index contributed by atoms with van der Waals surface area (Å²) >= 11 is 0. The summed E-state index contributed by atoms with van der Waals surface area (Å²) < 4.78 is 5.15. The fourth-order valence-corrected chi connectivity index (χ4v) is 2.59. The molecule has 134 valence electrons. The number of rotatable bonds is 7. The van der Waals surface area contributed by atoms with Crippen molar-refractivity contribution in [3.63, 3.8) is 0 Å². The molecule has 0 saturated carbocycles. The summed E-state index contributed by atoms with van der Waals surface area (Å²) in [6.45, 7) is 3.66. The van der Waals surface area contributed by atoms with Gasteiger partial charge >= 0.3 is 0 Å². The Kier molecular flexibility index (Phi) is 6.74. The Morgan fingerprint density at radius 1 is 1.04 bits per heavy atom. The van der Waals surface area contributed by atoms with Crippen molar-refractivity contribution >= 4 is 11.6 Å². The maximum Gasteiger partial charge on any atom is 0.180 e. The van der Waals surface area contributed by atoms with Crippen LogP contribution in [0.15, 0.2) is 54.6 Å². The molecule has 0 aliphatic heterocycles. The van der Waals surface area contributed by atoms with Crippen LogP contribution in [0, 0.1) is 17.3 Å². The Morgan fingerprint density at radius 2 is 1.69 bits per heavy atom. The number of hydrogen-bond acceptors (Lipinski definition) is 3. The summed E-state index contributed by atoms with van der Waals surface area (Å²) in [5, 5.41) is 0. The van der Waals surface area contributed by atoms with Crippen molar-refractivity contribution < 1.29 is 14.3 Å². The summed E-state index contributed by atoms with van der Waals surface area (Å²) in [5.74, 6) is 7.07. The van der Waals surface area contributed by atoms with Crippen LogP contribution in [0.25, 0.3) is 0 Å². The molecule has 0 N–H and O–H groups in total. The van der Waals surface area contributed by atoms with Crippen molar-refractivity contribution in [1.82, 2.24) is 0 Å². The number of benzene rings is 2. The van der Waals surface area contributed by atoms with Gasteiger partial charge in [0.2, 0.25) is 0 Å². The van der Waals surface area contributed by atoms with Crippen LogP contribution < -0.4 is 4.74 Å². The van der Waals surface area contributed by atoms with Crippen molar-refractivity contribution in [3.05, 3.63) is 65.7 Å². The number of Topliss-reactive ketones (excluding diaryl/α,β-unsaturated/α-hetero) is 2. The molecule has 3 heteroatoms.